The monoisotopic (exact) mass is 534 g/mol. The molecule has 6 rings (SSSR count). The van der Waals surface area contributed by atoms with E-state index in [1.165, 1.54) is 7.11 Å². The summed E-state index contributed by atoms with van der Waals surface area (Å²) in [6, 6.07) is 2.61. The average molecular weight is 535 g/mol. The van der Waals surface area contributed by atoms with Crippen molar-refractivity contribution in [3.63, 3.8) is 0 Å². The molecule has 13 nitrogen and oxygen atoms in total. The van der Waals surface area contributed by atoms with Gasteiger partial charge in [0, 0.05) is 23.9 Å². The molecule has 1 aliphatic carbocycles. The summed E-state index contributed by atoms with van der Waals surface area (Å²) in [6.07, 6.45) is -3.38. The number of esters is 2. The van der Waals surface area contributed by atoms with E-state index in [-0.39, 0.29) is 37.6 Å². The first-order valence-corrected chi connectivity index (χ1v) is 12.4. The van der Waals surface area contributed by atoms with Gasteiger partial charge in [-0.2, -0.15) is 0 Å². The third-order valence-corrected chi connectivity index (χ3v) is 9.41. The van der Waals surface area contributed by atoms with Crippen LogP contribution in [0.3, 0.4) is 0 Å². The molecule has 3 N–H and O–H groups in total. The van der Waals surface area contributed by atoms with Crippen molar-refractivity contribution in [2.45, 2.75) is 48.7 Å². The van der Waals surface area contributed by atoms with E-state index in [0.717, 1.165) is 19.1 Å². The van der Waals surface area contributed by atoms with Gasteiger partial charge >= 0.3 is 18.0 Å². The van der Waals surface area contributed by atoms with Crippen molar-refractivity contribution in [3.05, 3.63) is 17.7 Å². The van der Waals surface area contributed by atoms with E-state index in [1.807, 2.05) is 4.90 Å². The third-order valence-electron chi connectivity index (χ3n) is 9.41. The summed E-state index contributed by atoms with van der Waals surface area (Å²) in [5.41, 5.74) is -4.71. The Labute approximate surface area is 217 Å². The molecule has 1 amide bonds. The Balaban J connectivity index is 1.71. The number of methoxy groups -OCH3 is 3. The van der Waals surface area contributed by atoms with Crippen LogP contribution in [0.1, 0.15) is 24.8 Å². The standard InChI is InChI=1S/C25H30N2O11/c1-34-20(30)24-7-6-15-23(8-9-26(19(23)24)10-13(28)18(24)29)12-4-5-14-17(38-11-37-14)16(12)27(22(32)36-3)25(15,33)21(31)35-2/h4-5,13,15,18-19,28-29,33H,6-11H2,1-3H3/t13-,15+,18+,19+,23-,24+,25-/m0/s1. The minimum atomic E-state index is -2.56. The molecule has 38 heavy (non-hydrogen) atoms. The molecule has 4 aliphatic heterocycles. The van der Waals surface area contributed by atoms with Gasteiger partial charge in [0.2, 0.25) is 6.79 Å². The summed E-state index contributed by atoms with van der Waals surface area (Å²) in [5.74, 6) is -2.34. The van der Waals surface area contributed by atoms with Gasteiger partial charge in [-0.3, -0.25) is 9.69 Å². The topological polar surface area (TPSA) is 165 Å². The molecule has 3 fully saturated rings. The summed E-state index contributed by atoms with van der Waals surface area (Å²) < 4.78 is 26.6. The van der Waals surface area contributed by atoms with Crippen LogP contribution in [0.4, 0.5) is 10.5 Å². The molecule has 1 saturated carbocycles. The number of anilines is 1. The summed E-state index contributed by atoms with van der Waals surface area (Å²) in [4.78, 5) is 43.1. The minimum Gasteiger partial charge on any atom is -0.468 e. The highest BCUT2D eigenvalue weighted by Crippen LogP contribution is 2.69. The lowest BCUT2D eigenvalue weighted by molar-refractivity contribution is -0.218. The number of hydrogen-bond acceptors (Lipinski definition) is 12. The predicted molar refractivity (Wildman–Crippen MR) is 125 cm³/mol. The van der Waals surface area contributed by atoms with Crippen molar-refractivity contribution >= 4 is 23.7 Å². The summed E-state index contributed by atoms with van der Waals surface area (Å²) in [7, 11) is 3.46. The molecule has 1 spiro atoms. The number of aliphatic hydroxyl groups excluding tert-OH is 2. The molecule has 5 aliphatic rings. The normalized spacial score (nSPS) is 38.5. The van der Waals surface area contributed by atoms with Gasteiger partial charge in [-0.25, -0.2) is 14.5 Å². The molecule has 0 radical (unpaired) electrons. The third kappa shape index (κ3) is 2.67. The largest absolute Gasteiger partial charge is 0.468 e. The Morgan fingerprint density at radius 3 is 2.45 bits per heavy atom. The smallest absolute Gasteiger partial charge is 0.417 e. The molecule has 1 aromatic rings. The van der Waals surface area contributed by atoms with E-state index in [1.54, 1.807) is 12.1 Å². The molecular formula is C25H30N2O11. The highest BCUT2D eigenvalue weighted by Gasteiger charge is 2.78. The van der Waals surface area contributed by atoms with E-state index in [2.05, 4.69) is 0 Å². The van der Waals surface area contributed by atoms with Crippen molar-refractivity contribution in [1.82, 2.24) is 4.90 Å². The lowest BCUT2D eigenvalue weighted by Gasteiger charge is -2.64. The molecule has 4 heterocycles. The molecule has 7 atom stereocenters. The number of amides is 1. The second kappa shape index (κ2) is 8.18. The van der Waals surface area contributed by atoms with Crippen LogP contribution < -0.4 is 14.4 Å². The van der Waals surface area contributed by atoms with E-state index in [0.29, 0.717) is 24.3 Å². The van der Waals surface area contributed by atoms with Crippen LogP contribution in [0, 0.1) is 11.3 Å². The fraction of sp³-hybridized carbons (Fsp3) is 0.640. The molecule has 2 saturated heterocycles. The maximum absolute atomic E-state index is 13.5. The zero-order chi connectivity index (χ0) is 27.2. The zero-order valence-corrected chi connectivity index (χ0v) is 21.2. The number of rotatable bonds is 2. The van der Waals surface area contributed by atoms with E-state index in [4.69, 9.17) is 23.7 Å². The number of nitrogens with zero attached hydrogens (tertiary/aromatic N) is 2. The predicted octanol–water partition coefficient (Wildman–Crippen LogP) is -0.520. The van der Waals surface area contributed by atoms with Crippen LogP contribution in [0.25, 0.3) is 0 Å². The van der Waals surface area contributed by atoms with Gasteiger partial charge in [0.1, 0.15) is 11.1 Å². The number of benzene rings is 1. The van der Waals surface area contributed by atoms with Crippen LogP contribution in [-0.2, 0) is 29.2 Å². The molecular weight excluding hydrogens is 504 g/mol. The van der Waals surface area contributed by atoms with Crippen molar-refractivity contribution in [2.24, 2.45) is 11.3 Å². The van der Waals surface area contributed by atoms with Gasteiger partial charge in [-0.15, -0.1) is 0 Å². The van der Waals surface area contributed by atoms with Crippen molar-refractivity contribution < 1.29 is 53.4 Å². The first-order valence-electron chi connectivity index (χ1n) is 12.4. The van der Waals surface area contributed by atoms with Gasteiger partial charge in [0.25, 0.3) is 5.72 Å². The molecule has 13 heteroatoms. The van der Waals surface area contributed by atoms with E-state index in [9.17, 15) is 29.7 Å². The highest BCUT2D eigenvalue weighted by molar-refractivity contribution is 6.02. The van der Waals surface area contributed by atoms with Crippen molar-refractivity contribution in [1.29, 1.82) is 0 Å². The Bertz CT molecular complexity index is 1220. The molecule has 0 unspecified atom stereocenters. The molecule has 0 aromatic heterocycles. The summed E-state index contributed by atoms with van der Waals surface area (Å²) in [6.45, 7) is 0.295. The van der Waals surface area contributed by atoms with Crippen molar-refractivity contribution in [3.8, 4) is 11.5 Å². The number of carbonyl (C=O) groups is 3. The van der Waals surface area contributed by atoms with Crippen molar-refractivity contribution in [2.75, 3.05) is 46.1 Å². The van der Waals surface area contributed by atoms with Gasteiger partial charge < -0.3 is 39.0 Å². The fourth-order valence-electron chi connectivity index (χ4n) is 8.18. The van der Waals surface area contributed by atoms with Crippen LogP contribution in [0.2, 0.25) is 0 Å². The molecule has 1 aromatic carbocycles. The number of ether oxygens (including phenoxy) is 5. The van der Waals surface area contributed by atoms with E-state index >= 15 is 0 Å². The first kappa shape index (κ1) is 25.2. The average Bonchev–Trinajstić information content (AvgIpc) is 3.56. The Morgan fingerprint density at radius 2 is 1.76 bits per heavy atom. The highest BCUT2D eigenvalue weighted by atomic mass is 16.7. The van der Waals surface area contributed by atoms with Gasteiger partial charge in [-0.05, 0) is 37.4 Å². The first-order chi connectivity index (χ1) is 18.1. The fourth-order valence-corrected chi connectivity index (χ4v) is 8.18. The lowest BCUT2D eigenvalue weighted by atomic mass is 9.46. The number of hydrogen-bond donors (Lipinski definition) is 3. The Morgan fingerprint density at radius 1 is 1.03 bits per heavy atom. The van der Waals surface area contributed by atoms with E-state index < -0.39 is 58.8 Å². The number of piperidine rings is 1. The van der Waals surface area contributed by atoms with Gasteiger partial charge in [-0.1, -0.05) is 6.07 Å². The zero-order valence-electron chi connectivity index (χ0n) is 21.2. The SMILES string of the molecule is COC(=O)N1c2c(ccc3c2OCO3)[C@@]23CCN4C[C@H](O)[C@@H](O)[C@](C(=O)OC)(CC[C@H]2[C@]1(O)C(=O)OC)[C@H]43. The van der Waals surface area contributed by atoms with Crippen LogP contribution in [-0.4, -0.2) is 103 Å². The van der Waals surface area contributed by atoms with Crippen LogP contribution in [0.15, 0.2) is 12.1 Å². The summed E-state index contributed by atoms with van der Waals surface area (Å²) in [5, 5.41) is 34.6. The second-order valence-electron chi connectivity index (χ2n) is 10.5. The Kier molecular flexibility index (Phi) is 5.42. The van der Waals surface area contributed by atoms with Gasteiger partial charge in [0.15, 0.2) is 11.5 Å². The van der Waals surface area contributed by atoms with Crippen LogP contribution >= 0.6 is 0 Å². The maximum Gasteiger partial charge on any atom is 0.417 e. The number of aliphatic hydroxyl groups is 3. The number of fused-ring (bicyclic) bond motifs is 3. The molecule has 206 valence electrons. The van der Waals surface area contributed by atoms with Gasteiger partial charge in [0.05, 0.1) is 33.5 Å². The lowest BCUT2D eigenvalue weighted by Crippen LogP contribution is -2.78. The number of carbonyl (C=O) groups excluding carboxylic acids is 3. The quantitative estimate of drug-likeness (QED) is 0.329. The summed E-state index contributed by atoms with van der Waals surface area (Å²) >= 11 is 0. The second-order valence-corrected chi connectivity index (χ2v) is 10.5. The maximum atomic E-state index is 13.5. The molecule has 0 bridgehead atoms. The minimum absolute atomic E-state index is 0.0101. The van der Waals surface area contributed by atoms with Crippen LogP contribution in [0.5, 0.6) is 11.5 Å². The Hall–Kier alpha value is -3.13.